The summed E-state index contributed by atoms with van der Waals surface area (Å²) in [7, 11) is 0. The number of carbonyl (C=O) groups excluding carboxylic acids is 1. The van der Waals surface area contributed by atoms with Crippen molar-refractivity contribution in [1.82, 2.24) is 0 Å². The predicted octanol–water partition coefficient (Wildman–Crippen LogP) is 16.2. The second-order valence-electron chi connectivity index (χ2n) is 20.7. The van der Waals surface area contributed by atoms with E-state index in [1.54, 1.807) is 12.1 Å². The van der Waals surface area contributed by atoms with E-state index in [0.29, 0.717) is 52.2 Å². The Balaban J connectivity index is 1.04. The normalized spacial score (nSPS) is 14.1. The third kappa shape index (κ3) is 16.3. The van der Waals surface area contributed by atoms with Crippen molar-refractivity contribution >= 4 is 5.97 Å². The predicted molar refractivity (Wildman–Crippen MR) is 333 cm³/mol. The Labute approximate surface area is 508 Å². The van der Waals surface area contributed by atoms with Crippen molar-refractivity contribution in [3.05, 3.63) is 310 Å². The first-order valence-corrected chi connectivity index (χ1v) is 29.2. The summed E-state index contributed by atoms with van der Waals surface area (Å²) >= 11 is 0. The van der Waals surface area contributed by atoms with Crippen LogP contribution in [0.25, 0.3) is 0 Å². The summed E-state index contributed by atoms with van der Waals surface area (Å²) in [6, 6.07) is 81.6. The molecule has 440 valence electrons. The number of hydrogen-bond donors (Lipinski definition) is 0. The molecule has 0 unspecified atom stereocenters. The van der Waals surface area contributed by atoms with Crippen LogP contribution in [0.5, 0.6) is 46.0 Å². The molecule has 1 aliphatic heterocycles. The largest absolute Gasteiger partial charge is 0.489 e. The number of benzene rings is 10. The van der Waals surface area contributed by atoms with E-state index in [4.69, 9.17) is 52.1 Å². The summed E-state index contributed by atoms with van der Waals surface area (Å²) in [6.07, 6.45) is -3.30. The van der Waals surface area contributed by atoms with Crippen LogP contribution in [0.2, 0.25) is 0 Å². The Morgan fingerprint density at radius 1 is 0.391 bits per heavy atom. The Hall–Kier alpha value is -10.0. The Kier molecular flexibility index (Phi) is 20.4. The van der Waals surface area contributed by atoms with Gasteiger partial charge in [0.15, 0.2) is 35.2 Å². The molecule has 1 heterocycles. The lowest BCUT2D eigenvalue weighted by Crippen LogP contribution is -2.40. The zero-order valence-electron chi connectivity index (χ0n) is 48.5. The van der Waals surface area contributed by atoms with Crippen LogP contribution in [-0.4, -0.2) is 31.9 Å². The molecule has 12 heteroatoms. The van der Waals surface area contributed by atoms with Gasteiger partial charge in [0, 0.05) is 24.3 Å². The number of hydrogen-bond acceptors (Lipinski definition) is 12. The van der Waals surface area contributed by atoms with E-state index in [-0.39, 0.29) is 76.5 Å². The summed E-state index contributed by atoms with van der Waals surface area (Å²) < 4.78 is 73.7. The van der Waals surface area contributed by atoms with E-state index in [0.717, 1.165) is 38.9 Å². The number of carbonyl (C=O) groups is 1. The summed E-state index contributed by atoms with van der Waals surface area (Å²) in [5.74, 6) is 2.36. The van der Waals surface area contributed by atoms with Gasteiger partial charge in [0.05, 0.1) is 24.3 Å². The van der Waals surface area contributed by atoms with Crippen molar-refractivity contribution in [2.24, 2.45) is 0 Å². The fourth-order valence-electron chi connectivity index (χ4n) is 9.95. The van der Waals surface area contributed by atoms with Gasteiger partial charge in [-0.1, -0.05) is 218 Å². The zero-order chi connectivity index (χ0) is 59.2. The molecule has 10 aromatic carbocycles. The number of rotatable bonds is 29. The zero-order valence-corrected chi connectivity index (χ0v) is 48.5. The Bertz CT molecular complexity index is 3660. The maximum atomic E-state index is 15.7. The van der Waals surface area contributed by atoms with Crippen LogP contribution in [0.1, 0.15) is 79.6 Å². The van der Waals surface area contributed by atoms with E-state index in [1.807, 2.05) is 250 Å². The molecule has 10 aromatic rings. The minimum absolute atomic E-state index is 0.114. The third-order valence-electron chi connectivity index (χ3n) is 14.4. The molecule has 0 saturated carbocycles. The average Bonchev–Trinajstić information content (AvgIpc) is 2.74. The fraction of sp³-hybridized carbons (Fsp3) is 0.187. The summed E-state index contributed by atoms with van der Waals surface area (Å²) in [5, 5.41) is 0. The maximum Gasteiger partial charge on any atom is 0.338 e. The van der Waals surface area contributed by atoms with Crippen molar-refractivity contribution in [1.29, 1.82) is 0 Å². The van der Waals surface area contributed by atoms with Crippen LogP contribution in [0.15, 0.2) is 255 Å². The number of ether oxygens (including phenoxy) is 11. The van der Waals surface area contributed by atoms with Crippen LogP contribution < -0.4 is 37.9 Å². The minimum atomic E-state index is -1.21. The van der Waals surface area contributed by atoms with Crippen molar-refractivity contribution < 1.29 is 56.9 Å². The molecule has 0 aliphatic carbocycles. The molecule has 0 aromatic heterocycles. The maximum absolute atomic E-state index is 15.7. The average molecular weight is 1160 g/mol. The van der Waals surface area contributed by atoms with Gasteiger partial charge in [0.25, 0.3) is 0 Å². The van der Waals surface area contributed by atoms with Crippen LogP contribution >= 0.6 is 0 Å². The number of esters is 1. The van der Waals surface area contributed by atoms with Crippen LogP contribution in [0.3, 0.4) is 0 Å². The molecule has 12 nitrogen and oxygen atoms in total. The summed E-state index contributed by atoms with van der Waals surface area (Å²) in [6.45, 7) is 4.24. The van der Waals surface area contributed by atoms with E-state index in [9.17, 15) is 0 Å². The SMILES string of the molecule is CCOCCO[C@H]1c2c(OCc3ccccc3)cc(OCc3ccccc3)cc2O[C@H](c2ccc(OCc3ccccc3)c(OCc3ccccc3)c2)[C@H]1OC(=O)c1cc(OCc2ccccc2)c(OCc2ccccc2)c(OCc2ccccc2)c1. The fourth-order valence-corrected chi connectivity index (χ4v) is 9.95. The molecule has 87 heavy (non-hydrogen) atoms. The van der Waals surface area contributed by atoms with E-state index >= 15 is 4.79 Å². The monoisotopic (exact) mass is 1160 g/mol. The van der Waals surface area contributed by atoms with Gasteiger partial charge in [-0.05, 0) is 70.1 Å². The van der Waals surface area contributed by atoms with Crippen LogP contribution in [-0.2, 0) is 60.5 Å². The van der Waals surface area contributed by atoms with Gasteiger partial charge < -0.3 is 52.1 Å². The van der Waals surface area contributed by atoms with Gasteiger partial charge in [0.1, 0.15) is 69.6 Å². The second-order valence-corrected chi connectivity index (χ2v) is 20.7. The van der Waals surface area contributed by atoms with Crippen molar-refractivity contribution in [3.8, 4) is 46.0 Å². The topological polar surface area (TPSA) is 119 Å². The highest BCUT2D eigenvalue weighted by Crippen LogP contribution is 2.52. The van der Waals surface area contributed by atoms with Gasteiger partial charge in [0.2, 0.25) is 5.75 Å². The molecule has 0 N–H and O–H groups in total. The van der Waals surface area contributed by atoms with Crippen molar-refractivity contribution in [3.63, 3.8) is 0 Å². The summed E-state index contributed by atoms with van der Waals surface area (Å²) in [5.41, 5.74) is 7.79. The first-order chi connectivity index (χ1) is 43.0. The lowest BCUT2D eigenvalue weighted by Gasteiger charge is -2.40. The van der Waals surface area contributed by atoms with Gasteiger partial charge in [-0.3, -0.25) is 0 Å². The molecule has 0 saturated heterocycles. The van der Waals surface area contributed by atoms with Crippen LogP contribution in [0.4, 0.5) is 0 Å². The second kappa shape index (κ2) is 30.2. The quantitative estimate of drug-likeness (QED) is 0.0328. The highest BCUT2D eigenvalue weighted by atomic mass is 16.6. The lowest BCUT2D eigenvalue weighted by atomic mass is 9.90. The van der Waals surface area contributed by atoms with Crippen LogP contribution in [0, 0.1) is 0 Å². The van der Waals surface area contributed by atoms with Gasteiger partial charge >= 0.3 is 5.97 Å². The molecule has 3 atom stereocenters. The molecule has 0 radical (unpaired) electrons. The molecular weight excluding hydrogens is 1090 g/mol. The highest BCUT2D eigenvalue weighted by Gasteiger charge is 2.46. The van der Waals surface area contributed by atoms with Gasteiger partial charge in [-0.2, -0.15) is 0 Å². The van der Waals surface area contributed by atoms with E-state index in [1.165, 1.54) is 0 Å². The first kappa shape index (κ1) is 58.8. The van der Waals surface area contributed by atoms with Crippen molar-refractivity contribution in [2.75, 3.05) is 19.8 Å². The molecule has 0 amide bonds. The van der Waals surface area contributed by atoms with Gasteiger partial charge in [-0.15, -0.1) is 0 Å². The highest BCUT2D eigenvalue weighted by molar-refractivity contribution is 5.91. The number of fused-ring (bicyclic) bond motifs is 1. The molecule has 0 fully saturated rings. The smallest absolute Gasteiger partial charge is 0.338 e. The molecule has 0 spiro atoms. The standard InChI is InChI=1S/C75H68O12/c1-2-77-40-41-78-73-70-66(82-50-57-30-16-6-17-31-57)45-63(79-47-54-24-10-3-11-25-54)46-67(70)86-71(61-38-39-64(80-48-55-26-12-4-13-27-55)65(42-61)81-49-56-28-14-5-15-29-56)74(73)87-75(76)62-43-68(83-51-58-32-18-7-19-33-58)72(85-53-60-36-22-9-23-37-60)69(44-62)84-52-59-34-20-8-21-35-59/h3-39,42-46,71,73-74H,2,40-41,47-53H2,1H3/t71-,73+,74-/m1/s1. The third-order valence-corrected chi connectivity index (χ3v) is 14.4. The first-order valence-electron chi connectivity index (χ1n) is 29.2. The lowest BCUT2D eigenvalue weighted by molar-refractivity contribution is -0.117. The Morgan fingerprint density at radius 2 is 0.793 bits per heavy atom. The summed E-state index contributed by atoms with van der Waals surface area (Å²) in [4.78, 5) is 15.7. The van der Waals surface area contributed by atoms with Crippen molar-refractivity contribution in [2.45, 2.75) is 71.5 Å². The van der Waals surface area contributed by atoms with Gasteiger partial charge in [-0.25, -0.2) is 4.79 Å². The van der Waals surface area contributed by atoms with E-state index < -0.39 is 24.3 Å². The Morgan fingerprint density at radius 3 is 1.24 bits per heavy atom. The molecule has 1 aliphatic rings. The minimum Gasteiger partial charge on any atom is -0.489 e. The molecule has 0 bridgehead atoms. The molecule has 11 rings (SSSR count). The molecular formula is C75H68O12. The van der Waals surface area contributed by atoms with E-state index in [2.05, 4.69) is 0 Å².